The Kier molecular flexibility index (Phi) is 3.46. The number of phenols is 1. The first kappa shape index (κ1) is 12.6. The lowest BCUT2D eigenvalue weighted by molar-refractivity contribution is 0.0945. The molecule has 0 spiro atoms. The predicted molar refractivity (Wildman–Crippen MR) is 67.0 cm³/mol. The van der Waals surface area contributed by atoms with Gasteiger partial charge >= 0.3 is 5.69 Å². The van der Waals surface area contributed by atoms with Crippen LogP contribution in [0.25, 0.3) is 0 Å². The highest BCUT2D eigenvalue weighted by Gasteiger charge is 2.07. The first-order valence-electron chi connectivity index (χ1n) is 5.44. The van der Waals surface area contributed by atoms with Crippen molar-refractivity contribution >= 4 is 5.91 Å². The van der Waals surface area contributed by atoms with Gasteiger partial charge in [-0.15, -0.1) is 0 Å². The third kappa shape index (κ3) is 3.32. The van der Waals surface area contributed by atoms with E-state index in [1.165, 1.54) is 12.1 Å². The average Bonchev–Trinajstić information content (AvgIpc) is 2.35. The zero-order valence-corrected chi connectivity index (χ0v) is 9.77. The second-order valence-corrected chi connectivity index (χ2v) is 3.85. The van der Waals surface area contributed by atoms with E-state index in [0.717, 1.165) is 6.07 Å². The van der Waals surface area contributed by atoms with E-state index in [4.69, 9.17) is 0 Å². The zero-order chi connectivity index (χ0) is 13.8. The van der Waals surface area contributed by atoms with E-state index >= 15 is 0 Å². The monoisotopic (exact) mass is 261 g/mol. The number of amides is 1. The molecular formula is C12H11N3O4. The van der Waals surface area contributed by atoms with Gasteiger partial charge in [0, 0.05) is 12.6 Å². The van der Waals surface area contributed by atoms with Gasteiger partial charge in [0.25, 0.3) is 11.5 Å². The summed E-state index contributed by atoms with van der Waals surface area (Å²) in [6.07, 6.45) is 0. The highest BCUT2D eigenvalue weighted by molar-refractivity contribution is 5.91. The summed E-state index contributed by atoms with van der Waals surface area (Å²) in [4.78, 5) is 38.0. The molecule has 98 valence electrons. The van der Waals surface area contributed by atoms with Crippen molar-refractivity contribution in [1.82, 2.24) is 15.3 Å². The quantitative estimate of drug-likeness (QED) is 0.607. The molecule has 7 nitrogen and oxygen atoms in total. The maximum absolute atomic E-state index is 11.7. The van der Waals surface area contributed by atoms with Crippen molar-refractivity contribution in [3.8, 4) is 5.75 Å². The van der Waals surface area contributed by atoms with Gasteiger partial charge in [-0.25, -0.2) is 4.79 Å². The summed E-state index contributed by atoms with van der Waals surface area (Å²) in [7, 11) is 0. The first-order chi connectivity index (χ1) is 9.04. The third-order valence-electron chi connectivity index (χ3n) is 2.37. The van der Waals surface area contributed by atoms with Crippen molar-refractivity contribution in [2.24, 2.45) is 0 Å². The number of hydrogen-bond donors (Lipinski definition) is 4. The highest BCUT2D eigenvalue weighted by atomic mass is 16.3. The molecule has 4 N–H and O–H groups in total. The Morgan fingerprint density at radius 2 is 2.00 bits per heavy atom. The lowest BCUT2D eigenvalue weighted by atomic mass is 10.2. The zero-order valence-electron chi connectivity index (χ0n) is 9.77. The topological polar surface area (TPSA) is 115 Å². The van der Waals surface area contributed by atoms with E-state index in [1.807, 2.05) is 4.98 Å². The van der Waals surface area contributed by atoms with Crippen LogP contribution >= 0.6 is 0 Å². The van der Waals surface area contributed by atoms with Crippen LogP contribution in [-0.2, 0) is 6.54 Å². The van der Waals surface area contributed by atoms with Gasteiger partial charge in [0.1, 0.15) is 11.4 Å². The second kappa shape index (κ2) is 5.21. The number of H-pyrrole nitrogens is 2. The number of aromatic amines is 2. The summed E-state index contributed by atoms with van der Waals surface area (Å²) in [5, 5.41) is 11.8. The molecule has 0 aliphatic heterocycles. The van der Waals surface area contributed by atoms with E-state index in [9.17, 15) is 19.5 Å². The molecular weight excluding hydrogens is 250 g/mol. The summed E-state index contributed by atoms with van der Waals surface area (Å²) in [6.45, 7) is 0.169. The van der Waals surface area contributed by atoms with Gasteiger partial charge < -0.3 is 15.4 Å². The Hall–Kier alpha value is -2.83. The van der Waals surface area contributed by atoms with Gasteiger partial charge in [0.2, 0.25) is 0 Å². The Labute approximate surface area is 106 Å². The van der Waals surface area contributed by atoms with Gasteiger partial charge in [-0.3, -0.25) is 14.6 Å². The first-order valence-corrected chi connectivity index (χ1v) is 5.44. The van der Waals surface area contributed by atoms with Gasteiger partial charge in [-0.05, 0) is 17.7 Å². The summed E-state index contributed by atoms with van der Waals surface area (Å²) in [5.74, 6) is -0.483. The molecule has 0 aliphatic rings. The van der Waals surface area contributed by atoms with Crippen molar-refractivity contribution < 1.29 is 9.90 Å². The average molecular weight is 261 g/mol. The van der Waals surface area contributed by atoms with Crippen LogP contribution < -0.4 is 16.6 Å². The number of carbonyl (C=O) groups is 1. The minimum atomic E-state index is -0.741. The number of aromatic nitrogens is 2. The molecule has 2 aromatic rings. The van der Waals surface area contributed by atoms with Crippen molar-refractivity contribution in [2.75, 3.05) is 0 Å². The molecule has 0 radical (unpaired) electrons. The number of aromatic hydroxyl groups is 1. The summed E-state index contributed by atoms with van der Waals surface area (Å²) in [6, 6.07) is 7.38. The van der Waals surface area contributed by atoms with Crippen molar-refractivity contribution in [3.05, 3.63) is 62.4 Å². The van der Waals surface area contributed by atoms with E-state index in [2.05, 4.69) is 10.3 Å². The molecule has 19 heavy (non-hydrogen) atoms. The Balaban J connectivity index is 2.09. The maximum atomic E-state index is 11.7. The third-order valence-corrected chi connectivity index (χ3v) is 2.37. The maximum Gasteiger partial charge on any atom is 0.326 e. The van der Waals surface area contributed by atoms with Gasteiger partial charge in [0.15, 0.2) is 0 Å². The number of benzene rings is 1. The SMILES string of the molecule is O=C(NCc1cccc(O)c1)c1cc(=O)[nH]c(=O)[nH]1. The van der Waals surface area contributed by atoms with Crippen LogP contribution in [0.1, 0.15) is 16.1 Å². The van der Waals surface area contributed by atoms with E-state index < -0.39 is 17.2 Å². The normalized spacial score (nSPS) is 10.1. The van der Waals surface area contributed by atoms with E-state index in [0.29, 0.717) is 5.56 Å². The fraction of sp³-hybridized carbons (Fsp3) is 0.0833. The minimum absolute atomic E-state index is 0.0938. The van der Waals surface area contributed by atoms with Crippen LogP contribution in [0.4, 0.5) is 0 Å². The molecule has 0 saturated carbocycles. The smallest absolute Gasteiger partial charge is 0.326 e. The van der Waals surface area contributed by atoms with Crippen LogP contribution in [0.2, 0.25) is 0 Å². The van der Waals surface area contributed by atoms with Gasteiger partial charge in [-0.1, -0.05) is 12.1 Å². The van der Waals surface area contributed by atoms with Gasteiger partial charge in [-0.2, -0.15) is 0 Å². The Morgan fingerprint density at radius 1 is 1.21 bits per heavy atom. The number of carbonyl (C=O) groups excluding carboxylic acids is 1. The largest absolute Gasteiger partial charge is 0.508 e. The number of nitrogens with one attached hydrogen (secondary N) is 3. The fourth-order valence-electron chi connectivity index (χ4n) is 1.54. The molecule has 0 fully saturated rings. The molecule has 1 aromatic carbocycles. The molecule has 2 rings (SSSR count). The van der Waals surface area contributed by atoms with Crippen LogP contribution in [0.15, 0.2) is 39.9 Å². The number of phenolic OH excluding ortho intramolecular Hbond substituents is 1. The molecule has 0 unspecified atom stereocenters. The van der Waals surface area contributed by atoms with Gasteiger partial charge in [0.05, 0.1) is 0 Å². The van der Waals surface area contributed by atoms with Crippen molar-refractivity contribution in [3.63, 3.8) is 0 Å². The molecule has 0 atom stereocenters. The van der Waals surface area contributed by atoms with Crippen LogP contribution in [0.3, 0.4) is 0 Å². The molecule has 0 bridgehead atoms. The lowest BCUT2D eigenvalue weighted by Gasteiger charge is -2.05. The predicted octanol–water partition coefficient (Wildman–Crippen LogP) is -0.301. The number of rotatable bonds is 3. The Bertz CT molecular complexity index is 689. The lowest BCUT2D eigenvalue weighted by Crippen LogP contribution is -2.30. The minimum Gasteiger partial charge on any atom is -0.508 e. The molecule has 1 aromatic heterocycles. The Morgan fingerprint density at radius 3 is 2.68 bits per heavy atom. The van der Waals surface area contributed by atoms with Crippen molar-refractivity contribution in [1.29, 1.82) is 0 Å². The van der Waals surface area contributed by atoms with Crippen LogP contribution in [0.5, 0.6) is 5.75 Å². The second-order valence-electron chi connectivity index (χ2n) is 3.85. The summed E-state index contributed by atoms with van der Waals surface area (Å²) < 4.78 is 0. The number of hydrogen-bond acceptors (Lipinski definition) is 4. The summed E-state index contributed by atoms with van der Waals surface area (Å²) >= 11 is 0. The fourth-order valence-corrected chi connectivity index (χ4v) is 1.54. The molecule has 1 amide bonds. The van der Waals surface area contributed by atoms with E-state index in [1.54, 1.807) is 12.1 Å². The molecule has 1 heterocycles. The molecule has 0 saturated heterocycles. The standard InChI is InChI=1S/C12H11N3O4/c16-8-3-1-2-7(4-8)6-13-11(18)9-5-10(17)15-12(19)14-9/h1-5,16H,6H2,(H,13,18)(H2,14,15,17,19). The van der Waals surface area contributed by atoms with Crippen LogP contribution in [-0.4, -0.2) is 21.0 Å². The molecule has 0 aliphatic carbocycles. The van der Waals surface area contributed by atoms with E-state index in [-0.39, 0.29) is 18.0 Å². The molecule has 7 heteroatoms. The van der Waals surface area contributed by atoms with Crippen molar-refractivity contribution in [2.45, 2.75) is 6.54 Å². The summed E-state index contributed by atoms with van der Waals surface area (Å²) in [5.41, 5.74) is -0.810. The van der Waals surface area contributed by atoms with Crippen LogP contribution in [0, 0.1) is 0 Å². The highest BCUT2D eigenvalue weighted by Crippen LogP contribution is 2.10.